The summed E-state index contributed by atoms with van der Waals surface area (Å²) in [6.45, 7) is 15.7. The molecule has 7 nitrogen and oxygen atoms in total. The SMILES string of the molecule is C=CCCOC(=O)[C@@H]1[C@@H]2CC(C)C3(S2)C(C(=O)N(CC=C)C(C)C)N([C@@H](CC)CO)C(=O)[C@H]13. The van der Waals surface area contributed by atoms with E-state index in [0.29, 0.717) is 19.4 Å². The van der Waals surface area contributed by atoms with Crippen LogP contribution in [0, 0.1) is 17.8 Å². The first-order valence-corrected chi connectivity index (χ1v) is 12.9. The van der Waals surface area contributed by atoms with Gasteiger partial charge in [0, 0.05) is 17.8 Å². The number of likely N-dealkylation sites (tertiary alicyclic amines) is 1. The summed E-state index contributed by atoms with van der Waals surface area (Å²) in [5.41, 5.74) is 0. The normalized spacial score (nSPS) is 33.2. The van der Waals surface area contributed by atoms with Crippen LogP contribution in [0.25, 0.3) is 0 Å². The second-order valence-corrected chi connectivity index (χ2v) is 11.2. The molecule has 0 aromatic heterocycles. The standard InChI is InChI=1S/C25H38N2O5S/c1-7-10-12-32-24(31)19-18-13-16(6)25(33-18)20(19)22(29)27(17(9-3)14-28)21(25)23(30)26(11-8-2)15(4)5/h7-8,15-21,28H,1-2,9-14H2,3-6H3/t16?,17-,18-,19+,20-,21?,25?/m0/s1. The maximum atomic E-state index is 14.1. The third-order valence-electron chi connectivity index (χ3n) is 7.56. The number of amides is 2. The molecule has 2 amide bonds. The highest BCUT2D eigenvalue weighted by molar-refractivity contribution is 8.02. The summed E-state index contributed by atoms with van der Waals surface area (Å²) in [5, 5.41) is 10.1. The molecule has 3 heterocycles. The summed E-state index contributed by atoms with van der Waals surface area (Å²) in [6, 6.07) is -1.28. The highest BCUT2D eigenvalue weighted by Gasteiger charge is 2.77. The Hall–Kier alpha value is -1.80. The van der Waals surface area contributed by atoms with E-state index >= 15 is 0 Å². The van der Waals surface area contributed by atoms with Crippen LogP contribution in [-0.2, 0) is 19.1 Å². The molecule has 3 rings (SSSR count). The van der Waals surface area contributed by atoms with E-state index in [1.165, 1.54) is 0 Å². The van der Waals surface area contributed by atoms with E-state index < -0.39 is 28.7 Å². The maximum Gasteiger partial charge on any atom is 0.310 e. The molecule has 3 unspecified atom stereocenters. The van der Waals surface area contributed by atoms with Crippen LogP contribution in [0.15, 0.2) is 25.3 Å². The highest BCUT2D eigenvalue weighted by atomic mass is 32.2. The first-order valence-electron chi connectivity index (χ1n) is 12.0. The van der Waals surface area contributed by atoms with E-state index in [2.05, 4.69) is 20.1 Å². The summed E-state index contributed by atoms with van der Waals surface area (Å²) in [6.07, 6.45) is 5.22. The number of aliphatic hydroxyl groups excluding tert-OH is 1. The van der Waals surface area contributed by atoms with Crippen LogP contribution >= 0.6 is 11.8 Å². The van der Waals surface area contributed by atoms with Crippen molar-refractivity contribution in [2.24, 2.45) is 17.8 Å². The molecule has 3 saturated heterocycles. The smallest absolute Gasteiger partial charge is 0.310 e. The van der Waals surface area contributed by atoms with Crippen molar-refractivity contribution in [3.63, 3.8) is 0 Å². The van der Waals surface area contributed by atoms with Gasteiger partial charge in [-0.1, -0.05) is 26.0 Å². The van der Waals surface area contributed by atoms with Gasteiger partial charge in [-0.2, -0.15) is 0 Å². The summed E-state index contributed by atoms with van der Waals surface area (Å²) in [5.74, 6) is -1.83. The van der Waals surface area contributed by atoms with Crippen molar-refractivity contribution in [1.29, 1.82) is 0 Å². The van der Waals surface area contributed by atoms with Gasteiger partial charge >= 0.3 is 5.97 Å². The molecule has 33 heavy (non-hydrogen) atoms. The number of ether oxygens (including phenoxy) is 1. The monoisotopic (exact) mass is 478 g/mol. The lowest BCUT2D eigenvalue weighted by molar-refractivity contribution is -0.155. The van der Waals surface area contributed by atoms with Crippen molar-refractivity contribution in [2.45, 2.75) is 75.1 Å². The summed E-state index contributed by atoms with van der Waals surface area (Å²) in [4.78, 5) is 44.6. The van der Waals surface area contributed by atoms with E-state index in [4.69, 9.17) is 4.74 Å². The van der Waals surface area contributed by atoms with Gasteiger partial charge in [0.15, 0.2) is 0 Å². The summed E-state index contributed by atoms with van der Waals surface area (Å²) >= 11 is 1.62. The van der Waals surface area contributed by atoms with Crippen LogP contribution in [0.5, 0.6) is 0 Å². The largest absolute Gasteiger partial charge is 0.465 e. The predicted octanol–water partition coefficient (Wildman–Crippen LogP) is 2.64. The van der Waals surface area contributed by atoms with Gasteiger partial charge < -0.3 is 19.6 Å². The van der Waals surface area contributed by atoms with Crippen LogP contribution in [0.1, 0.15) is 47.0 Å². The summed E-state index contributed by atoms with van der Waals surface area (Å²) in [7, 11) is 0. The van der Waals surface area contributed by atoms with Crippen LogP contribution in [0.4, 0.5) is 0 Å². The van der Waals surface area contributed by atoms with Gasteiger partial charge in [-0.15, -0.1) is 24.9 Å². The molecular weight excluding hydrogens is 440 g/mol. The zero-order chi connectivity index (χ0) is 24.5. The minimum Gasteiger partial charge on any atom is -0.465 e. The lowest BCUT2D eigenvalue weighted by Gasteiger charge is -2.42. The van der Waals surface area contributed by atoms with E-state index in [0.717, 1.165) is 6.42 Å². The lowest BCUT2D eigenvalue weighted by atomic mass is 9.66. The third-order valence-corrected chi connectivity index (χ3v) is 9.64. The molecule has 8 heteroatoms. The van der Waals surface area contributed by atoms with Gasteiger partial charge in [0.2, 0.25) is 11.8 Å². The van der Waals surface area contributed by atoms with Gasteiger partial charge in [-0.05, 0) is 39.0 Å². The number of esters is 1. The molecule has 1 spiro atoms. The second-order valence-electron chi connectivity index (χ2n) is 9.66. The van der Waals surface area contributed by atoms with Gasteiger partial charge in [0.1, 0.15) is 6.04 Å². The first-order chi connectivity index (χ1) is 15.7. The number of rotatable bonds is 11. The zero-order valence-electron chi connectivity index (χ0n) is 20.2. The van der Waals surface area contributed by atoms with E-state index in [1.807, 2.05) is 20.8 Å². The Kier molecular flexibility index (Phi) is 7.99. The number of fused-ring (bicyclic) bond motifs is 1. The van der Waals surface area contributed by atoms with Crippen molar-refractivity contribution in [3.8, 4) is 0 Å². The molecule has 0 saturated carbocycles. The number of carbonyl (C=O) groups excluding carboxylic acids is 3. The Morgan fingerprint density at radius 3 is 2.61 bits per heavy atom. The molecule has 3 aliphatic rings. The van der Waals surface area contributed by atoms with E-state index in [-0.39, 0.29) is 48.2 Å². The molecule has 0 aromatic rings. The topological polar surface area (TPSA) is 87.2 Å². The fourth-order valence-corrected chi connectivity index (χ4v) is 8.39. The van der Waals surface area contributed by atoms with Crippen LogP contribution in [0.2, 0.25) is 0 Å². The Morgan fingerprint density at radius 1 is 1.36 bits per heavy atom. The van der Waals surface area contributed by atoms with Gasteiger partial charge in [-0.3, -0.25) is 14.4 Å². The number of nitrogens with zero attached hydrogens (tertiary/aromatic N) is 2. The molecule has 1 N–H and O–H groups in total. The minimum absolute atomic E-state index is 0.0521. The Bertz CT molecular complexity index is 798. The van der Waals surface area contributed by atoms with Crippen LogP contribution in [-0.4, -0.2) is 80.6 Å². The zero-order valence-corrected chi connectivity index (χ0v) is 21.1. The number of hydrogen-bond donors (Lipinski definition) is 1. The fraction of sp³-hybridized carbons (Fsp3) is 0.720. The van der Waals surface area contributed by atoms with E-state index in [1.54, 1.807) is 33.7 Å². The van der Waals surface area contributed by atoms with Crippen molar-refractivity contribution in [3.05, 3.63) is 25.3 Å². The van der Waals surface area contributed by atoms with Crippen molar-refractivity contribution >= 4 is 29.5 Å². The molecule has 2 bridgehead atoms. The third kappa shape index (κ3) is 4.03. The van der Waals surface area contributed by atoms with Gasteiger partial charge in [0.05, 0.1) is 35.8 Å². The second kappa shape index (κ2) is 10.2. The molecular formula is C25H38N2O5S. The molecule has 3 fully saturated rings. The number of hydrogen-bond acceptors (Lipinski definition) is 6. The van der Waals surface area contributed by atoms with E-state index in [9.17, 15) is 19.5 Å². The molecule has 0 aromatic carbocycles. The number of carbonyl (C=O) groups is 3. The Morgan fingerprint density at radius 2 is 2.06 bits per heavy atom. The number of aliphatic hydroxyl groups is 1. The molecule has 0 aliphatic carbocycles. The highest BCUT2D eigenvalue weighted by Crippen LogP contribution is 2.69. The average Bonchev–Trinajstić information content (AvgIpc) is 3.37. The molecule has 7 atom stereocenters. The molecule has 184 valence electrons. The quantitative estimate of drug-likeness (QED) is 0.279. The average molecular weight is 479 g/mol. The molecule has 0 radical (unpaired) electrons. The van der Waals surface area contributed by atoms with Crippen LogP contribution in [0.3, 0.4) is 0 Å². The Balaban J connectivity index is 2.08. The number of thioether (sulfide) groups is 1. The van der Waals surface area contributed by atoms with Crippen molar-refractivity contribution in [2.75, 3.05) is 19.8 Å². The van der Waals surface area contributed by atoms with Crippen molar-refractivity contribution in [1.82, 2.24) is 9.80 Å². The predicted molar refractivity (Wildman–Crippen MR) is 129 cm³/mol. The maximum absolute atomic E-state index is 14.1. The first kappa shape index (κ1) is 25.8. The minimum atomic E-state index is -0.731. The van der Waals surface area contributed by atoms with Gasteiger partial charge in [-0.25, -0.2) is 0 Å². The molecule has 3 aliphatic heterocycles. The fourth-order valence-electron chi connectivity index (χ4n) is 6.00. The lowest BCUT2D eigenvalue weighted by Crippen LogP contribution is -2.60. The van der Waals surface area contributed by atoms with Crippen molar-refractivity contribution < 1.29 is 24.2 Å². The Labute approximate surface area is 201 Å². The van der Waals surface area contributed by atoms with Crippen LogP contribution < -0.4 is 0 Å². The van der Waals surface area contributed by atoms with Gasteiger partial charge in [0.25, 0.3) is 0 Å². The summed E-state index contributed by atoms with van der Waals surface area (Å²) < 4.78 is 4.81.